The van der Waals surface area contributed by atoms with Gasteiger partial charge in [-0.15, -0.1) is 0 Å². The summed E-state index contributed by atoms with van der Waals surface area (Å²) < 4.78 is 34.8. The largest absolute Gasteiger partial charge is 0.422 e. The van der Waals surface area contributed by atoms with Gasteiger partial charge in [-0.2, -0.15) is 0 Å². The molecule has 0 saturated heterocycles. The lowest BCUT2D eigenvalue weighted by atomic mass is 10.1. The minimum Gasteiger partial charge on any atom is -0.422 e. The van der Waals surface area contributed by atoms with Crippen LogP contribution in [0.4, 0.5) is 8.78 Å². The van der Waals surface area contributed by atoms with E-state index in [9.17, 15) is 18.4 Å². The quantitative estimate of drug-likeness (QED) is 0.192. The standard InChI is InChI=1S/C27H17F2NO3/c28-20-10-11-23(29)19(13-20)16-30-15-18(21-6-2-3-7-24(21)30)9-12-25(31)22-14-17-5-1-4-8-26(17)33-27(22)32/h1-15H,16H2/b12-9+. The molecule has 0 aliphatic carbocycles. The van der Waals surface area contributed by atoms with E-state index >= 15 is 0 Å². The minimum atomic E-state index is -0.702. The predicted molar refractivity (Wildman–Crippen MR) is 123 cm³/mol. The Morgan fingerprint density at radius 3 is 2.64 bits per heavy atom. The molecule has 0 aliphatic heterocycles. The highest BCUT2D eigenvalue weighted by Crippen LogP contribution is 2.25. The van der Waals surface area contributed by atoms with Crippen molar-refractivity contribution in [2.24, 2.45) is 0 Å². The maximum absolute atomic E-state index is 14.2. The summed E-state index contributed by atoms with van der Waals surface area (Å²) in [6.45, 7) is 0.125. The minimum absolute atomic E-state index is 0.0597. The molecule has 0 unspecified atom stereocenters. The molecule has 3 aromatic carbocycles. The number of rotatable bonds is 5. The van der Waals surface area contributed by atoms with E-state index in [-0.39, 0.29) is 17.7 Å². The number of hydrogen-bond donors (Lipinski definition) is 0. The highest BCUT2D eigenvalue weighted by atomic mass is 19.1. The number of fused-ring (bicyclic) bond motifs is 2. The second-order valence-electron chi connectivity index (χ2n) is 7.65. The first-order valence-electron chi connectivity index (χ1n) is 10.3. The number of nitrogens with zero attached hydrogens (tertiary/aromatic N) is 1. The van der Waals surface area contributed by atoms with Crippen molar-refractivity contribution in [3.8, 4) is 0 Å². The first-order valence-corrected chi connectivity index (χ1v) is 10.3. The first kappa shape index (κ1) is 20.6. The third-order valence-electron chi connectivity index (χ3n) is 5.49. The van der Waals surface area contributed by atoms with Crippen molar-refractivity contribution >= 4 is 33.7 Å². The molecule has 0 bridgehead atoms. The molecule has 0 amide bonds. The molecular formula is C27H17F2NO3. The number of allylic oxidation sites excluding steroid dienone is 1. The van der Waals surface area contributed by atoms with Gasteiger partial charge >= 0.3 is 5.63 Å². The zero-order chi connectivity index (χ0) is 22.9. The van der Waals surface area contributed by atoms with Gasteiger partial charge in [0, 0.05) is 33.6 Å². The van der Waals surface area contributed by atoms with E-state index < -0.39 is 23.0 Å². The Labute approximate surface area is 187 Å². The normalized spacial score (nSPS) is 11.6. The van der Waals surface area contributed by atoms with E-state index in [2.05, 4.69) is 0 Å². The molecule has 0 atom stereocenters. The zero-order valence-corrected chi connectivity index (χ0v) is 17.3. The summed E-state index contributed by atoms with van der Waals surface area (Å²) >= 11 is 0. The maximum Gasteiger partial charge on any atom is 0.347 e. The monoisotopic (exact) mass is 441 g/mol. The van der Waals surface area contributed by atoms with Gasteiger partial charge in [0.15, 0.2) is 5.78 Å². The second-order valence-corrected chi connectivity index (χ2v) is 7.65. The van der Waals surface area contributed by atoms with E-state index in [1.807, 2.05) is 24.3 Å². The number of aromatic nitrogens is 1. The fourth-order valence-electron chi connectivity index (χ4n) is 3.88. The summed E-state index contributed by atoms with van der Waals surface area (Å²) in [5, 5.41) is 1.49. The van der Waals surface area contributed by atoms with Crippen LogP contribution < -0.4 is 5.63 Å². The molecule has 0 aliphatic rings. The van der Waals surface area contributed by atoms with Crippen molar-refractivity contribution in [1.82, 2.24) is 4.57 Å². The van der Waals surface area contributed by atoms with Crippen molar-refractivity contribution < 1.29 is 18.0 Å². The molecule has 2 heterocycles. The Bertz CT molecular complexity index is 1610. The zero-order valence-electron chi connectivity index (χ0n) is 17.3. The topological polar surface area (TPSA) is 52.2 Å². The van der Waals surface area contributed by atoms with E-state index in [4.69, 9.17) is 4.42 Å². The third-order valence-corrected chi connectivity index (χ3v) is 5.49. The molecule has 0 N–H and O–H groups in total. The third kappa shape index (κ3) is 3.99. The number of benzene rings is 3. The summed E-state index contributed by atoms with van der Waals surface area (Å²) in [6.07, 6.45) is 4.69. The Morgan fingerprint density at radius 1 is 0.970 bits per heavy atom. The molecule has 5 aromatic rings. The van der Waals surface area contributed by atoms with E-state index in [1.54, 1.807) is 41.1 Å². The Balaban J connectivity index is 1.50. The SMILES string of the molecule is O=C(/C=C/c1cn(Cc2cc(F)ccc2F)c2ccccc12)c1cc2ccccc2oc1=O. The molecule has 0 fully saturated rings. The van der Waals surface area contributed by atoms with Crippen molar-refractivity contribution in [3.63, 3.8) is 0 Å². The summed E-state index contributed by atoms with van der Waals surface area (Å²) in [5.41, 5.74) is 1.38. The van der Waals surface area contributed by atoms with Crippen molar-refractivity contribution in [2.75, 3.05) is 0 Å². The van der Waals surface area contributed by atoms with Gasteiger partial charge in [0.05, 0.1) is 6.54 Å². The van der Waals surface area contributed by atoms with E-state index in [0.29, 0.717) is 16.5 Å². The molecule has 0 radical (unpaired) electrons. The van der Waals surface area contributed by atoms with Crippen molar-refractivity contribution in [3.05, 3.63) is 124 Å². The average Bonchev–Trinajstić information content (AvgIpc) is 3.17. The number of hydrogen-bond acceptors (Lipinski definition) is 3. The van der Waals surface area contributed by atoms with Crippen LogP contribution in [0.5, 0.6) is 0 Å². The molecule has 2 aromatic heterocycles. The van der Waals surface area contributed by atoms with Crippen LogP contribution in [0.1, 0.15) is 21.5 Å². The first-order chi connectivity index (χ1) is 16.0. The lowest BCUT2D eigenvalue weighted by Crippen LogP contribution is -2.11. The fraction of sp³-hybridized carbons (Fsp3) is 0.0370. The molecule has 162 valence electrons. The second kappa shape index (κ2) is 8.31. The van der Waals surface area contributed by atoms with Crippen LogP contribution in [0.15, 0.2) is 94.3 Å². The van der Waals surface area contributed by atoms with Crippen molar-refractivity contribution in [1.29, 1.82) is 0 Å². The van der Waals surface area contributed by atoms with Gasteiger partial charge in [-0.05, 0) is 48.6 Å². The highest BCUT2D eigenvalue weighted by Gasteiger charge is 2.13. The van der Waals surface area contributed by atoms with E-state index in [1.165, 1.54) is 18.2 Å². The summed E-state index contributed by atoms with van der Waals surface area (Å²) in [7, 11) is 0. The van der Waals surface area contributed by atoms with Crippen LogP contribution in [0.25, 0.3) is 27.9 Å². The number of carbonyl (C=O) groups is 1. The van der Waals surface area contributed by atoms with E-state index in [0.717, 1.165) is 23.0 Å². The number of halogens is 2. The summed E-state index contributed by atoms with van der Waals surface area (Å²) in [4.78, 5) is 25.0. The van der Waals surface area contributed by atoms with Gasteiger partial charge in [0.1, 0.15) is 22.8 Å². The number of ketones is 1. The maximum atomic E-state index is 14.2. The molecule has 0 saturated carbocycles. The Morgan fingerprint density at radius 2 is 1.76 bits per heavy atom. The molecule has 5 rings (SSSR count). The van der Waals surface area contributed by atoms with Gasteiger partial charge in [-0.1, -0.05) is 36.4 Å². The number of para-hydroxylation sites is 2. The summed E-state index contributed by atoms with van der Waals surface area (Å²) in [5.74, 6) is -1.49. The molecule has 0 spiro atoms. The average molecular weight is 441 g/mol. The predicted octanol–water partition coefficient (Wildman–Crippen LogP) is 5.97. The van der Waals surface area contributed by atoms with Gasteiger partial charge in [-0.25, -0.2) is 13.6 Å². The molecule has 33 heavy (non-hydrogen) atoms. The van der Waals surface area contributed by atoms with Gasteiger partial charge in [-0.3, -0.25) is 4.79 Å². The summed E-state index contributed by atoms with van der Waals surface area (Å²) in [6, 6.07) is 19.3. The van der Waals surface area contributed by atoms with Gasteiger partial charge < -0.3 is 8.98 Å². The van der Waals surface area contributed by atoms with Crippen LogP contribution >= 0.6 is 0 Å². The Hall–Kier alpha value is -4.32. The van der Waals surface area contributed by atoms with Crippen molar-refractivity contribution in [2.45, 2.75) is 6.54 Å². The van der Waals surface area contributed by atoms with Gasteiger partial charge in [0.2, 0.25) is 0 Å². The van der Waals surface area contributed by atoms with Crippen LogP contribution in [0.3, 0.4) is 0 Å². The fourth-order valence-corrected chi connectivity index (χ4v) is 3.88. The van der Waals surface area contributed by atoms with Crippen LogP contribution in [0, 0.1) is 11.6 Å². The lowest BCUT2D eigenvalue weighted by molar-refractivity contribution is 0.104. The molecule has 6 heteroatoms. The van der Waals surface area contributed by atoms with Crippen LogP contribution in [0.2, 0.25) is 0 Å². The molecule has 4 nitrogen and oxygen atoms in total. The smallest absolute Gasteiger partial charge is 0.347 e. The highest BCUT2D eigenvalue weighted by molar-refractivity contribution is 6.08. The molecular weight excluding hydrogens is 424 g/mol. The Kier molecular flexibility index (Phi) is 5.18. The van der Waals surface area contributed by atoms with Crippen LogP contribution in [-0.4, -0.2) is 10.4 Å². The van der Waals surface area contributed by atoms with Crippen LogP contribution in [-0.2, 0) is 6.54 Å². The van der Waals surface area contributed by atoms with Gasteiger partial charge in [0.25, 0.3) is 0 Å². The lowest BCUT2D eigenvalue weighted by Gasteiger charge is -2.07. The number of carbonyl (C=O) groups excluding carboxylic acids is 1.